The van der Waals surface area contributed by atoms with Crippen molar-refractivity contribution in [3.8, 4) is 5.75 Å². The Morgan fingerprint density at radius 1 is 1.08 bits per heavy atom. The van der Waals surface area contributed by atoms with E-state index in [1.54, 1.807) is 47.7 Å². The van der Waals surface area contributed by atoms with Crippen molar-refractivity contribution in [2.24, 2.45) is 0 Å². The third-order valence-electron chi connectivity index (χ3n) is 7.91. The lowest BCUT2D eigenvalue weighted by Gasteiger charge is -2.41. The first-order valence-corrected chi connectivity index (χ1v) is 14.5. The lowest BCUT2D eigenvalue weighted by atomic mass is 9.93. The maximum atomic E-state index is 14.2. The van der Waals surface area contributed by atoms with Gasteiger partial charge >= 0.3 is 0 Å². The van der Waals surface area contributed by atoms with Gasteiger partial charge in [0.05, 0.1) is 19.0 Å². The first-order chi connectivity index (χ1) is 18.3. The predicted octanol–water partition coefficient (Wildman–Crippen LogP) is 6.83. The number of allylic oxidation sites excluding steroid dienone is 1. The summed E-state index contributed by atoms with van der Waals surface area (Å²) in [5, 5.41) is 3.58. The molecule has 0 bridgehead atoms. The number of carbonyl (C=O) groups is 2. The number of hydrogen-bond acceptors (Lipinski definition) is 5. The molecule has 1 aliphatic carbocycles. The van der Waals surface area contributed by atoms with Crippen LogP contribution in [0.5, 0.6) is 5.75 Å². The highest BCUT2D eigenvalue weighted by Gasteiger charge is 2.37. The normalized spacial score (nSPS) is 18.1. The van der Waals surface area contributed by atoms with Crippen molar-refractivity contribution in [1.29, 1.82) is 0 Å². The minimum atomic E-state index is -0.150. The summed E-state index contributed by atoms with van der Waals surface area (Å²) in [6, 6.07) is 12.8. The quantitative estimate of drug-likeness (QED) is 0.336. The zero-order valence-electron chi connectivity index (χ0n) is 22.4. The molecule has 2 aliphatic rings. The summed E-state index contributed by atoms with van der Waals surface area (Å²) in [4.78, 5) is 32.2. The molecule has 200 valence electrons. The fraction of sp³-hybridized carbons (Fsp3) is 0.400. The highest BCUT2D eigenvalue weighted by Crippen LogP contribution is 2.37. The van der Waals surface area contributed by atoms with Crippen molar-refractivity contribution in [2.75, 3.05) is 14.2 Å². The van der Waals surface area contributed by atoms with Gasteiger partial charge in [-0.15, -0.1) is 0 Å². The molecule has 6 nitrogen and oxygen atoms in total. The Kier molecular flexibility index (Phi) is 7.78. The largest absolute Gasteiger partial charge is 0.497 e. The zero-order valence-corrected chi connectivity index (χ0v) is 23.9. The molecule has 5 rings (SSSR count). The number of fused-ring (bicyclic) bond motifs is 1. The van der Waals surface area contributed by atoms with E-state index in [4.69, 9.17) is 16.3 Å². The van der Waals surface area contributed by atoms with Gasteiger partial charge in [0.25, 0.3) is 5.91 Å². The fourth-order valence-corrected chi connectivity index (χ4v) is 7.05. The third-order valence-corrected chi connectivity index (χ3v) is 9.42. The minimum Gasteiger partial charge on any atom is -0.497 e. The van der Waals surface area contributed by atoms with Gasteiger partial charge < -0.3 is 14.5 Å². The van der Waals surface area contributed by atoms with E-state index < -0.39 is 0 Å². The lowest BCUT2D eigenvalue weighted by Crippen LogP contribution is -2.51. The van der Waals surface area contributed by atoms with Gasteiger partial charge in [-0.25, -0.2) is 0 Å². The standard InChI is InChI=1S/C30H34ClN3O3S/c1-19-18-38-30(32(19)3)34(23-8-6-5-7-9-23)28(35)17-25-20(2)33(27-15-14-24(37-4)16-26(25)27)29(36)21-10-12-22(31)13-11-21/h10-16,18,23,30H,5-9,17H2,1-4H3. The van der Waals surface area contributed by atoms with E-state index in [1.165, 1.54) is 12.1 Å². The number of halogens is 1. The molecule has 0 spiro atoms. The van der Waals surface area contributed by atoms with Crippen molar-refractivity contribution in [1.82, 2.24) is 14.4 Å². The number of benzene rings is 2. The smallest absolute Gasteiger partial charge is 0.262 e. The van der Waals surface area contributed by atoms with E-state index in [0.717, 1.165) is 47.8 Å². The Balaban J connectivity index is 1.56. The van der Waals surface area contributed by atoms with Crippen LogP contribution >= 0.6 is 23.4 Å². The van der Waals surface area contributed by atoms with Crippen LogP contribution in [0.2, 0.25) is 5.02 Å². The summed E-state index contributed by atoms with van der Waals surface area (Å²) < 4.78 is 7.23. The van der Waals surface area contributed by atoms with Gasteiger partial charge in [0, 0.05) is 40.5 Å². The van der Waals surface area contributed by atoms with Crippen molar-refractivity contribution in [3.05, 3.63) is 75.4 Å². The van der Waals surface area contributed by atoms with Gasteiger partial charge in [-0.2, -0.15) is 0 Å². The van der Waals surface area contributed by atoms with E-state index in [2.05, 4.69) is 29.2 Å². The Hall–Kier alpha value is -2.90. The minimum absolute atomic E-state index is 0.0514. The van der Waals surface area contributed by atoms with Crippen LogP contribution in [0.3, 0.4) is 0 Å². The molecule has 1 amide bonds. The molecule has 38 heavy (non-hydrogen) atoms. The molecular weight excluding hydrogens is 518 g/mol. The maximum absolute atomic E-state index is 14.2. The molecule has 2 aromatic carbocycles. The van der Waals surface area contributed by atoms with Crippen LogP contribution in [-0.2, 0) is 11.2 Å². The van der Waals surface area contributed by atoms with E-state index >= 15 is 0 Å². The highest BCUT2D eigenvalue weighted by atomic mass is 35.5. The van der Waals surface area contributed by atoms with Gasteiger partial charge in [0.1, 0.15) is 5.75 Å². The van der Waals surface area contributed by atoms with Gasteiger partial charge in [-0.3, -0.25) is 14.2 Å². The molecule has 1 saturated carbocycles. The van der Waals surface area contributed by atoms with Crippen LogP contribution in [0.1, 0.15) is 60.6 Å². The van der Waals surface area contributed by atoms with E-state index in [9.17, 15) is 9.59 Å². The molecule has 1 atom stereocenters. The van der Waals surface area contributed by atoms with E-state index in [-0.39, 0.29) is 29.8 Å². The Labute approximate surface area is 233 Å². The molecule has 0 radical (unpaired) electrons. The Morgan fingerprint density at radius 2 is 1.79 bits per heavy atom. The molecule has 1 unspecified atom stereocenters. The SMILES string of the molecule is COc1ccc2c(c1)c(CC(=O)N(C1CCCCC1)C1SC=C(C)N1C)c(C)n2C(=O)c1ccc(Cl)cc1. The number of nitrogens with zero attached hydrogens (tertiary/aromatic N) is 3. The first-order valence-electron chi connectivity index (χ1n) is 13.1. The Morgan fingerprint density at radius 3 is 2.42 bits per heavy atom. The van der Waals surface area contributed by atoms with Crippen LogP contribution in [0.25, 0.3) is 10.9 Å². The number of ether oxygens (including phenoxy) is 1. The molecule has 8 heteroatoms. The number of amides is 1. The number of carbonyl (C=O) groups excluding carboxylic acids is 2. The summed E-state index contributed by atoms with van der Waals surface area (Å²) in [5.41, 5.74) is 4.05. The highest BCUT2D eigenvalue weighted by molar-refractivity contribution is 8.02. The third kappa shape index (κ3) is 4.94. The molecule has 1 fully saturated rings. The second-order valence-corrected chi connectivity index (χ2v) is 11.6. The van der Waals surface area contributed by atoms with Gasteiger partial charge in [0.15, 0.2) is 5.50 Å². The van der Waals surface area contributed by atoms with Crippen molar-refractivity contribution >= 4 is 46.1 Å². The number of methoxy groups -OCH3 is 1. The van der Waals surface area contributed by atoms with Gasteiger partial charge in [-0.05, 0) is 80.1 Å². The van der Waals surface area contributed by atoms with Crippen LogP contribution in [0, 0.1) is 6.92 Å². The molecule has 1 aromatic heterocycles. The van der Waals surface area contributed by atoms with Gasteiger partial charge in [-0.1, -0.05) is 42.6 Å². The number of hydrogen-bond donors (Lipinski definition) is 0. The second-order valence-electron chi connectivity index (χ2n) is 10.2. The topological polar surface area (TPSA) is 54.8 Å². The maximum Gasteiger partial charge on any atom is 0.262 e. The van der Waals surface area contributed by atoms with Crippen LogP contribution in [0.4, 0.5) is 0 Å². The summed E-state index contributed by atoms with van der Waals surface area (Å²) in [6.45, 7) is 4.01. The second kappa shape index (κ2) is 11.1. The van der Waals surface area contributed by atoms with Gasteiger partial charge in [0.2, 0.25) is 5.91 Å². The molecule has 1 aliphatic heterocycles. The molecule has 0 saturated heterocycles. The molecule has 2 heterocycles. The predicted molar refractivity (Wildman–Crippen MR) is 155 cm³/mol. The average Bonchev–Trinajstić information content (AvgIpc) is 3.39. The summed E-state index contributed by atoms with van der Waals surface area (Å²) in [7, 11) is 3.69. The molecule has 3 aromatic rings. The van der Waals surface area contributed by atoms with Crippen LogP contribution in [-0.4, -0.2) is 51.9 Å². The zero-order chi connectivity index (χ0) is 27.0. The summed E-state index contributed by atoms with van der Waals surface area (Å²) in [5.74, 6) is 0.633. The monoisotopic (exact) mass is 551 g/mol. The van der Waals surface area contributed by atoms with Crippen molar-refractivity contribution in [3.63, 3.8) is 0 Å². The van der Waals surface area contributed by atoms with Crippen LogP contribution in [0.15, 0.2) is 53.6 Å². The number of rotatable bonds is 6. The van der Waals surface area contributed by atoms with Crippen molar-refractivity contribution in [2.45, 2.75) is 63.9 Å². The average molecular weight is 552 g/mol. The lowest BCUT2D eigenvalue weighted by molar-refractivity contribution is -0.136. The number of thioether (sulfide) groups is 1. The van der Waals surface area contributed by atoms with Crippen LogP contribution < -0.4 is 4.74 Å². The first kappa shape index (κ1) is 26.7. The summed E-state index contributed by atoms with van der Waals surface area (Å²) >= 11 is 7.77. The van der Waals surface area contributed by atoms with E-state index in [1.807, 2.05) is 25.1 Å². The van der Waals surface area contributed by atoms with Crippen molar-refractivity contribution < 1.29 is 14.3 Å². The Bertz CT molecular complexity index is 1390. The summed E-state index contributed by atoms with van der Waals surface area (Å²) in [6.07, 6.45) is 5.79. The molecular formula is C30H34ClN3O3S. The fourth-order valence-electron chi connectivity index (χ4n) is 5.66. The number of aromatic nitrogens is 1. The molecule has 0 N–H and O–H groups in total. The van der Waals surface area contributed by atoms with E-state index in [0.29, 0.717) is 16.3 Å².